The van der Waals surface area contributed by atoms with Crippen molar-refractivity contribution in [3.05, 3.63) is 29.3 Å². The molecule has 94 valence electrons. The first kappa shape index (κ1) is 14.4. The topological polar surface area (TPSA) is 38.3 Å². The van der Waals surface area contributed by atoms with E-state index in [0.29, 0.717) is 10.8 Å². The molecule has 17 heavy (non-hydrogen) atoms. The number of halogens is 1. The van der Waals surface area contributed by atoms with E-state index in [1.54, 1.807) is 11.8 Å². The zero-order valence-corrected chi connectivity index (χ0v) is 11.5. The van der Waals surface area contributed by atoms with Crippen LogP contribution in [0.1, 0.15) is 6.92 Å². The molecule has 0 saturated carbocycles. The van der Waals surface area contributed by atoms with E-state index in [0.717, 1.165) is 11.4 Å². The van der Waals surface area contributed by atoms with Crippen molar-refractivity contribution in [3.63, 3.8) is 0 Å². The summed E-state index contributed by atoms with van der Waals surface area (Å²) in [6.45, 7) is 2.68. The molecule has 1 aromatic rings. The van der Waals surface area contributed by atoms with E-state index >= 15 is 0 Å². The molecule has 0 bridgehead atoms. The van der Waals surface area contributed by atoms with Crippen LogP contribution in [0.3, 0.4) is 0 Å². The summed E-state index contributed by atoms with van der Waals surface area (Å²) in [4.78, 5) is 12.5. The van der Waals surface area contributed by atoms with Crippen molar-refractivity contribution in [1.82, 2.24) is 5.32 Å². The van der Waals surface area contributed by atoms with Crippen LogP contribution in [-0.4, -0.2) is 31.4 Å². The average Bonchev–Trinajstić information content (AvgIpc) is 2.35. The molecule has 1 unspecified atom stereocenters. The third-order valence-corrected chi connectivity index (χ3v) is 3.79. The number of hydrogen-bond acceptors (Lipinski definition) is 4. The lowest BCUT2D eigenvalue weighted by molar-refractivity contribution is -0.142. The SMILES string of the molecule is CCNC(CSc1ccccc1Cl)C(=O)OC. The number of carbonyl (C=O) groups excluding carboxylic acids is 1. The van der Waals surface area contributed by atoms with Gasteiger partial charge in [-0.3, -0.25) is 4.79 Å². The number of methoxy groups -OCH3 is 1. The monoisotopic (exact) mass is 273 g/mol. The van der Waals surface area contributed by atoms with Crippen molar-refractivity contribution in [2.75, 3.05) is 19.4 Å². The van der Waals surface area contributed by atoms with Crippen LogP contribution in [-0.2, 0) is 9.53 Å². The smallest absolute Gasteiger partial charge is 0.323 e. The summed E-state index contributed by atoms with van der Waals surface area (Å²) in [7, 11) is 1.40. The fourth-order valence-electron chi connectivity index (χ4n) is 1.33. The second-order valence-corrected chi connectivity index (χ2v) is 4.84. The van der Waals surface area contributed by atoms with Gasteiger partial charge in [0.25, 0.3) is 0 Å². The lowest BCUT2D eigenvalue weighted by Crippen LogP contribution is -2.39. The van der Waals surface area contributed by atoms with E-state index in [-0.39, 0.29) is 12.0 Å². The molecule has 1 atom stereocenters. The van der Waals surface area contributed by atoms with E-state index in [9.17, 15) is 4.79 Å². The minimum Gasteiger partial charge on any atom is -0.468 e. The molecule has 0 saturated heterocycles. The minimum absolute atomic E-state index is 0.244. The van der Waals surface area contributed by atoms with Crippen LogP contribution < -0.4 is 5.32 Å². The number of rotatable bonds is 6. The van der Waals surface area contributed by atoms with Gasteiger partial charge in [-0.05, 0) is 18.7 Å². The maximum atomic E-state index is 11.5. The molecule has 0 fully saturated rings. The summed E-state index contributed by atoms with van der Waals surface area (Å²) in [5.74, 6) is 0.357. The molecular formula is C12H16ClNO2S. The number of benzene rings is 1. The average molecular weight is 274 g/mol. The molecule has 5 heteroatoms. The third kappa shape index (κ3) is 4.58. The van der Waals surface area contributed by atoms with Crippen molar-refractivity contribution in [2.24, 2.45) is 0 Å². The van der Waals surface area contributed by atoms with Gasteiger partial charge in [0.15, 0.2) is 0 Å². The van der Waals surface area contributed by atoms with Crippen molar-refractivity contribution in [2.45, 2.75) is 17.9 Å². The Morgan fingerprint density at radius 3 is 2.82 bits per heavy atom. The molecule has 0 radical (unpaired) electrons. The summed E-state index contributed by atoms with van der Waals surface area (Å²) in [6, 6.07) is 7.28. The molecule has 0 amide bonds. The molecule has 1 aromatic carbocycles. The number of esters is 1. The Labute approximate surface area is 111 Å². The number of hydrogen-bond donors (Lipinski definition) is 1. The van der Waals surface area contributed by atoms with Gasteiger partial charge < -0.3 is 10.1 Å². The van der Waals surface area contributed by atoms with Gasteiger partial charge in [-0.25, -0.2) is 0 Å². The molecule has 0 aromatic heterocycles. The standard InChI is InChI=1S/C12H16ClNO2S/c1-3-14-10(12(15)16-2)8-17-11-7-5-4-6-9(11)13/h4-7,10,14H,3,8H2,1-2H3. The van der Waals surface area contributed by atoms with Gasteiger partial charge in [0.2, 0.25) is 0 Å². The minimum atomic E-state index is -0.300. The Hall–Kier alpha value is -0.710. The van der Waals surface area contributed by atoms with Gasteiger partial charge in [0.05, 0.1) is 12.1 Å². The van der Waals surface area contributed by atoms with Gasteiger partial charge in [0.1, 0.15) is 6.04 Å². The molecular weight excluding hydrogens is 258 g/mol. The molecule has 1 N–H and O–H groups in total. The number of thioether (sulfide) groups is 1. The quantitative estimate of drug-likeness (QED) is 0.639. The van der Waals surface area contributed by atoms with Crippen LogP contribution >= 0.6 is 23.4 Å². The Balaban J connectivity index is 2.57. The van der Waals surface area contributed by atoms with E-state index in [4.69, 9.17) is 16.3 Å². The predicted molar refractivity (Wildman–Crippen MR) is 71.7 cm³/mol. The largest absolute Gasteiger partial charge is 0.468 e. The van der Waals surface area contributed by atoms with Crippen LogP contribution in [0, 0.1) is 0 Å². The Bertz CT molecular complexity index is 373. The Morgan fingerprint density at radius 1 is 1.53 bits per heavy atom. The van der Waals surface area contributed by atoms with Crippen molar-refractivity contribution in [1.29, 1.82) is 0 Å². The first-order chi connectivity index (χ1) is 8.19. The highest BCUT2D eigenvalue weighted by molar-refractivity contribution is 7.99. The van der Waals surface area contributed by atoms with Crippen molar-refractivity contribution < 1.29 is 9.53 Å². The summed E-state index contributed by atoms with van der Waals surface area (Å²) < 4.78 is 4.74. The molecule has 0 aliphatic heterocycles. The van der Waals surface area contributed by atoms with E-state index in [1.165, 1.54) is 7.11 Å². The lowest BCUT2D eigenvalue weighted by atomic mass is 10.3. The van der Waals surface area contributed by atoms with Crippen LogP contribution in [0.2, 0.25) is 5.02 Å². The Morgan fingerprint density at radius 2 is 2.24 bits per heavy atom. The first-order valence-electron chi connectivity index (χ1n) is 5.37. The van der Waals surface area contributed by atoms with E-state index in [1.807, 2.05) is 31.2 Å². The van der Waals surface area contributed by atoms with Crippen molar-refractivity contribution in [3.8, 4) is 0 Å². The first-order valence-corrected chi connectivity index (χ1v) is 6.74. The van der Waals surface area contributed by atoms with Crippen LogP contribution in [0.25, 0.3) is 0 Å². The van der Waals surface area contributed by atoms with Crippen LogP contribution in [0.15, 0.2) is 29.2 Å². The van der Waals surface area contributed by atoms with Gasteiger partial charge in [-0.2, -0.15) is 0 Å². The van der Waals surface area contributed by atoms with Gasteiger partial charge >= 0.3 is 5.97 Å². The van der Waals surface area contributed by atoms with Gasteiger partial charge in [0, 0.05) is 10.6 Å². The van der Waals surface area contributed by atoms with Crippen molar-refractivity contribution >= 4 is 29.3 Å². The highest BCUT2D eigenvalue weighted by Crippen LogP contribution is 2.27. The summed E-state index contributed by atoms with van der Waals surface area (Å²) in [6.07, 6.45) is 0. The molecule has 0 heterocycles. The second kappa shape index (κ2) is 7.58. The molecule has 1 rings (SSSR count). The Kier molecular flexibility index (Phi) is 6.40. The molecule has 3 nitrogen and oxygen atoms in total. The highest BCUT2D eigenvalue weighted by Gasteiger charge is 2.18. The highest BCUT2D eigenvalue weighted by atomic mass is 35.5. The second-order valence-electron chi connectivity index (χ2n) is 3.37. The zero-order chi connectivity index (χ0) is 12.7. The fraction of sp³-hybridized carbons (Fsp3) is 0.417. The molecule has 0 aliphatic rings. The summed E-state index contributed by atoms with van der Waals surface area (Å²) in [5, 5.41) is 3.79. The number of ether oxygens (including phenoxy) is 1. The normalized spacial score (nSPS) is 12.2. The molecule has 0 aliphatic carbocycles. The number of carbonyl (C=O) groups is 1. The third-order valence-electron chi connectivity index (χ3n) is 2.18. The summed E-state index contributed by atoms with van der Waals surface area (Å²) >= 11 is 7.58. The maximum Gasteiger partial charge on any atom is 0.323 e. The summed E-state index contributed by atoms with van der Waals surface area (Å²) in [5.41, 5.74) is 0. The van der Waals surface area contributed by atoms with Gasteiger partial charge in [-0.1, -0.05) is 30.7 Å². The van der Waals surface area contributed by atoms with Crippen LogP contribution in [0.4, 0.5) is 0 Å². The number of nitrogens with one attached hydrogen (secondary N) is 1. The van der Waals surface area contributed by atoms with Gasteiger partial charge in [-0.15, -0.1) is 11.8 Å². The van der Waals surface area contributed by atoms with E-state index in [2.05, 4.69) is 5.32 Å². The molecule has 0 spiro atoms. The predicted octanol–water partition coefficient (Wildman–Crippen LogP) is 2.58. The number of likely N-dealkylation sites (N-methyl/N-ethyl adjacent to an activating group) is 1. The lowest BCUT2D eigenvalue weighted by Gasteiger charge is -2.15. The van der Waals surface area contributed by atoms with E-state index < -0.39 is 0 Å². The fourth-order valence-corrected chi connectivity index (χ4v) is 2.61. The zero-order valence-electron chi connectivity index (χ0n) is 9.90. The van der Waals surface area contributed by atoms with Crippen LogP contribution in [0.5, 0.6) is 0 Å². The maximum absolute atomic E-state index is 11.5.